The van der Waals surface area contributed by atoms with Crippen LogP contribution in [0.3, 0.4) is 0 Å². The van der Waals surface area contributed by atoms with Gasteiger partial charge in [0.15, 0.2) is 15.6 Å². The lowest BCUT2D eigenvalue weighted by Crippen LogP contribution is -2.20. The van der Waals surface area contributed by atoms with Crippen LogP contribution in [0, 0.1) is 17.0 Å². The van der Waals surface area contributed by atoms with E-state index in [9.17, 15) is 28.1 Å². The van der Waals surface area contributed by atoms with E-state index in [-0.39, 0.29) is 44.8 Å². The van der Waals surface area contributed by atoms with E-state index in [0.29, 0.717) is 22.4 Å². The third-order valence-electron chi connectivity index (χ3n) is 6.41. The van der Waals surface area contributed by atoms with Crippen molar-refractivity contribution in [2.24, 2.45) is 7.05 Å². The number of aromatic amines is 1. The molecule has 0 spiro atoms. The smallest absolute Gasteiger partial charge is 0.293 e. The third kappa shape index (κ3) is 6.61. The minimum absolute atomic E-state index is 0.00145. The zero-order valence-electron chi connectivity index (χ0n) is 23.1. The number of hydrogen-bond acceptors (Lipinski definition) is 10. The number of hydrogen-bond donors (Lipinski definition) is 3. The predicted octanol–water partition coefficient (Wildman–Crippen LogP) is 4.15. The van der Waals surface area contributed by atoms with Crippen molar-refractivity contribution < 1.29 is 27.7 Å². The number of nitro groups is 1. The van der Waals surface area contributed by atoms with Crippen LogP contribution >= 0.6 is 11.6 Å². The molecule has 0 saturated heterocycles. The molecule has 224 valence electrons. The quantitative estimate of drug-likeness (QED) is 0.116. The molecule has 4 aromatic rings. The Morgan fingerprint density at radius 1 is 1.14 bits per heavy atom. The molecule has 1 aromatic heterocycles. The second-order valence-electron chi connectivity index (χ2n) is 9.32. The van der Waals surface area contributed by atoms with Gasteiger partial charge in [-0.2, -0.15) is 0 Å². The van der Waals surface area contributed by atoms with Gasteiger partial charge in [0.25, 0.3) is 11.2 Å². The first-order valence-corrected chi connectivity index (χ1v) is 14.7. The average Bonchev–Trinajstić information content (AvgIpc) is 3.61. The molecular formula is C28H26ClN5O8S. The van der Waals surface area contributed by atoms with E-state index in [1.54, 1.807) is 37.4 Å². The fraction of sp³-hybridized carbons (Fsp3) is 0.143. The van der Waals surface area contributed by atoms with Crippen LogP contribution in [0.25, 0.3) is 5.57 Å². The summed E-state index contributed by atoms with van der Waals surface area (Å²) in [5, 5.41) is 13.4. The maximum atomic E-state index is 12.8. The van der Waals surface area contributed by atoms with Gasteiger partial charge in [-0.3, -0.25) is 34.7 Å². The molecule has 43 heavy (non-hydrogen) atoms. The fourth-order valence-corrected chi connectivity index (χ4v) is 5.41. The summed E-state index contributed by atoms with van der Waals surface area (Å²) in [5.41, 5.74) is 9.17. The van der Waals surface area contributed by atoms with Gasteiger partial charge in [-0.15, -0.1) is 0 Å². The van der Waals surface area contributed by atoms with E-state index >= 15 is 0 Å². The molecule has 4 N–H and O–H groups in total. The first-order chi connectivity index (χ1) is 20.3. The van der Waals surface area contributed by atoms with Gasteiger partial charge in [0, 0.05) is 48.5 Å². The molecule has 5 rings (SSSR count). The number of aromatic nitrogens is 2. The van der Waals surface area contributed by atoms with Crippen molar-refractivity contribution in [2.75, 3.05) is 18.6 Å². The molecule has 1 aliphatic rings. The van der Waals surface area contributed by atoms with Gasteiger partial charge in [-0.25, -0.2) is 8.42 Å². The summed E-state index contributed by atoms with van der Waals surface area (Å²) in [6.45, 7) is 1.83. The number of nitrogens with zero attached hydrogens (tertiary/aromatic N) is 2. The maximum Gasteiger partial charge on any atom is 0.293 e. The zero-order chi connectivity index (χ0) is 31.5. The highest BCUT2D eigenvalue weighted by Crippen LogP contribution is 2.39. The number of aryl methyl sites for hydroxylation is 1. The van der Waals surface area contributed by atoms with Gasteiger partial charge in [-0.05, 0) is 42.8 Å². The molecule has 0 radical (unpaired) electrons. The molecule has 0 fully saturated rings. The number of benzene rings is 3. The second-order valence-corrected chi connectivity index (χ2v) is 11.7. The molecular weight excluding hydrogens is 602 g/mol. The van der Waals surface area contributed by atoms with Gasteiger partial charge in [0.05, 0.1) is 9.82 Å². The minimum atomic E-state index is -3.51. The van der Waals surface area contributed by atoms with Crippen LogP contribution in [0.15, 0.2) is 76.7 Å². The van der Waals surface area contributed by atoms with Gasteiger partial charge in [-0.1, -0.05) is 29.8 Å². The first-order valence-electron chi connectivity index (χ1n) is 12.5. The van der Waals surface area contributed by atoms with Gasteiger partial charge in [0.2, 0.25) is 0 Å². The summed E-state index contributed by atoms with van der Waals surface area (Å²) < 4.78 is 31.0. The molecule has 0 unspecified atom stereocenters. The molecule has 3 aromatic carbocycles. The van der Waals surface area contributed by atoms with Gasteiger partial charge < -0.3 is 15.6 Å². The number of para-hydroxylation sites is 1. The van der Waals surface area contributed by atoms with Crippen LogP contribution < -0.4 is 21.5 Å². The Morgan fingerprint density at radius 3 is 2.40 bits per heavy atom. The van der Waals surface area contributed by atoms with Crippen LogP contribution in [-0.4, -0.2) is 41.8 Å². The van der Waals surface area contributed by atoms with Crippen LogP contribution in [0.4, 0.5) is 11.4 Å². The summed E-state index contributed by atoms with van der Waals surface area (Å²) >= 11 is 5.94. The molecule has 1 aliphatic heterocycles. The number of rotatable bonds is 7. The summed E-state index contributed by atoms with van der Waals surface area (Å²) in [6, 6.07) is 14.5. The van der Waals surface area contributed by atoms with Crippen molar-refractivity contribution in [3.8, 4) is 11.5 Å². The second kappa shape index (κ2) is 12.5. The van der Waals surface area contributed by atoms with E-state index < -0.39 is 26.1 Å². The Bertz CT molecular complexity index is 1920. The van der Waals surface area contributed by atoms with Crippen molar-refractivity contribution in [3.63, 3.8) is 0 Å². The lowest BCUT2D eigenvalue weighted by Gasteiger charge is -2.14. The number of carbonyl (C=O) groups excluding carboxylic acids is 1. The van der Waals surface area contributed by atoms with E-state index in [1.165, 1.54) is 42.2 Å². The Balaban J connectivity index is 0.000000208. The van der Waals surface area contributed by atoms with Gasteiger partial charge >= 0.3 is 0 Å². The van der Waals surface area contributed by atoms with Crippen molar-refractivity contribution >= 4 is 44.2 Å². The van der Waals surface area contributed by atoms with Crippen LogP contribution in [0.5, 0.6) is 11.5 Å². The molecule has 0 atom stereocenters. The summed E-state index contributed by atoms with van der Waals surface area (Å²) in [7, 11) is -2.00. The number of ketones is 1. The minimum Gasteiger partial charge on any atom is -0.456 e. The van der Waals surface area contributed by atoms with Crippen molar-refractivity contribution in [2.45, 2.75) is 11.8 Å². The highest BCUT2D eigenvalue weighted by molar-refractivity contribution is 7.90. The molecule has 15 heteroatoms. The van der Waals surface area contributed by atoms with Crippen molar-refractivity contribution in [1.82, 2.24) is 15.3 Å². The number of ether oxygens (including phenoxy) is 1. The van der Waals surface area contributed by atoms with Crippen LogP contribution in [-0.2, 0) is 21.7 Å². The molecule has 0 bridgehead atoms. The zero-order valence-corrected chi connectivity index (χ0v) is 24.7. The maximum absolute atomic E-state index is 12.8. The van der Waals surface area contributed by atoms with Gasteiger partial charge in [0.1, 0.15) is 34.4 Å². The van der Waals surface area contributed by atoms with Crippen LogP contribution in [0.1, 0.15) is 27.0 Å². The summed E-state index contributed by atoms with van der Waals surface area (Å²) in [6.07, 6.45) is 4.01. The fourth-order valence-electron chi connectivity index (χ4n) is 4.25. The number of halogens is 1. The van der Waals surface area contributed by atoms with Crippen molar-refractivity contribution in [3.05, 3.63) is 115 Å². The normalized spacial score (nSPS) is 12.5. The van der Waals surface area contributed by atoms with E-state index in [0.717, 1.165) is 6.26 Å². The Labute approximate surface area is 250 Å². The first kappa shape index (κ1) is 31.0. The SMILES string of the molecule is Cc1c(C(=O)c2c[nH]n(C)c2=O)ccc(S(C)(=O)=O)c1C1=CNOC1.Nc1c([N+](=O)[O-])ccc(Oc2ccccc2)c1Cl. The number of nitrogen functional groups attached to an aromatic ring is 1. The van der Waals surface area contributed by atoms with E-state index in [2.05, 4.69) is 10.6 Å². The predicted molar refractivity (Wildman–Crippen MR) is 160 cm³/mol. The summed E-state index contributed by atoms with van der Waals surface area (Å²) in [5.74, 6) is 0.395. The number of anilines is 1. The number of sulfone groups is 1. The number of H-pyrrole nitrogens is 1. The highest BCUT2D eigenvalue weighted by atomic mass is 35.5. The topological polar surface area (TPSA) is 189 Å². The Hall–Kier alpha value is -4.92. The molecule has 0 saturated carbocycles. The highest BCUT2D eigenvalue weighted by Gasteiger charge is 2.26. The number of nitrogens with one attached hydrogen (secondary N) is 2. The van der Waals surface area contributed by atoms with E-state index in [4.69, 9.17) is 26.9 Å². The number of carbonyl (C=O) groups is 1. The largest absolute Gasteiger partial charge is 0.456 e. The van der Waals surface area contributed by atoms with Crippen molar-refractivity contribution in [1.29, 1.82) is 0 Å². The number of hydroxylamine groups is 1. The Kier molecular flexibility index (Phi) is 9.04. The lowest BCUT2D eigenvalue weighted by molar-refractivity contribution is -0.383. The third-order valence-corrected chi connectivity index (χ3v) is 7.94. The Morgan fingerprint density at radius 2 is 1.84 bits per heavy atom. The van der Waals surface area contributed by atoms with Crippen LogP contribution in [0.2, 0.25) is 5.02 Å². The number of nitro benzene ring substituents is 1. The molecule has 13 nitrogen and oxygen atoms in total. The molecule has 0 aliphatic carbocycles. The molecule has 0 amide bonds. The average molecular weight is 628 g/mol. The van der Waals surface area contributed by atoms with E-state index in [1.807, 2.05) is 6.07 Å². The monoisotopic (exact) mass is 627 g/mol. The lowest BCUT2D eigenvalue weighted by atomic mass is 9.93. The summed E-state index contributed by atoms with van der Waals surface area (Å²) in [4.78, 5) is 40.1. The molecule has 2 heterocycles. The number of nitrogens with two attached hydrogens (primary N) is 1. The standard InChI is InChI=1S/C16H17N3O5S.C12H9ClN2O3/c1-9-11(15(20)12-7-17-19(2)16(12)21)4-5-13(25(3,22)23)14(9)10-6-18-24-8-10;13-11-10(18-8-4-2-1-3-5-8)7-6-9(12(11)14)15(16)17/h4-7,17-18H,8H2,1-3H3;1-7H,14H2.